The van der Waals surface area contributed by atoms with Crippen LogP contribution in [0.3, 0.4) is 0 Å². The Morgan fingerprint density at radius 1 is 0.744 bits per heavy atom. The monoisotopic (exact) mass is 509 g/mol. The Morgan fingerprint density at radius 2 is 1.62 bits per heavy atom. The van der Waals surface area contributed by atoms with Crippen molar-refractivity contribution < 1.29 is 9.15 Å². The molecule has 3 heteroatoms. The van der Waals surface area contributed by atoms with E-state index >= 15 is 0 Å². The van der Waals surface area contributed by atoms with Crippen LogP contribution >= 0.6 is 0 Å². The number of rotatable bonds is 4. The van der Waals surface area contributed by atoms with Crippen LogP contribution in [0.1, 0.15) is 54.4 Å². The first-order valence-electron chi connectivity index (χ1n) is 14.2. The van der Waals surface area contributed by atoms with Crippen LogP contribution in [0.4, 0.5) is 0 Å². The fourth-order valence-corrected chi connectivity index (χ4v) is 6.81. The second kappa shape index (κ2) is 9.20. The average molecular weight is 510 g/mol. The van der Waals surface area contributed by atoms with Crippen LogP contribution in [0, 0.1) is 5.92 Å². The summed E-state index contributed by atoms with van der Waals surface area (Å²) >= 11 is 0. The summed E-state index contributed by atoms with van der Waals surface area (Å²) in [5.74, 6) is 4.28. The van der Waals surface area contributed by atoms with Gasteiger partial charge >= 0.3 is 0 Å². The smallest absolute Gasteiger partial charge is 0.134 e. The van der Waals surface area contributed by atoms with Gasteiger partial charge in [0.15, 0.2) is 0 Å². The third-order valence-corrected chi connectivity index (χ3v) is 8.80. The summed E-state index contributed by atoms with van der Waals surface area (Å²) in [6, 6.07) is 17.1. The number of fused-ring (bicyclic) bond motifs is 6. The molecule has 1 aromatic heterocycles. The lowest BCUT2D eigenvalue weighted by atomic mass is 9.82. The van der Waals surface area contributed by atoms with Crippen molar-refractivity contribution in [2.75, 3.05) is 0 Å². The molecule has 0 fully saturated rings. The summed E-state index contributed by atoms with van der Waals surface area (Å²) < 4.78 is 12.7. The molecule has 2 heterocycles. The van der Waals surface area contributed by atoms with Crippen molar-refractivity contribution in [2.45, 2.75) is 43.6 Å². The second-order valence-electron chi connectivity index (χ2n) is 11.1. The lowest BCUT2D eigenvalue weighted by Crippen LogP contribution is -2.28. The van der Waals surface area contributed by atoms with Crippen LogP contribution in [-0.2, 0) is 0 Å². The van der Waals surface area contributed by atoms with E-state index in [0.29, 0.717) is 17.9 Å². The minimum atomic E-state index is 0.287. The maximum atomic E-state index is 6.36. The average Bonchev–Trinajstić information content (AvgIpc) is 3.57. The number of hydrogen-bond acceptors (Lipinski definition) is 3. The molecule has 2 aromatic carbocycles. The molecule has 4 aliphatic carbocycles. The van der Waals surface area contributed by atoms with Crippen molar-refractivity contribution in [3.8, 4) is 5.75 Å². The quantitative estimate of drug-likeness (QED) is 0.382. The van der Waals surface area contributed by atoms with Gasteiger partial charge in [0, 0.05) is 46.0 Å². The summed E-state index contributed by atoms with van der Waals surface area (Å²) in [7, 11) is 0. The number of benzene rings is 2. The SMILES string of the molecule is C1=CC(C2C=CC(NC3C=CC(C4CC=Cc5c4oc4ccccc54)=CC3)=CC2)=C2Oc3ccccc3C2C1. The molecule has 192 valence electrons. The zero-order valence-corrected chi connectivity index (χ0v) is 21.8. The van der Waals surface area contributed by atoms with Crippen LogP contribution in [0.25, 0.3) is 17.0 Å². The number of hydrogen-bond donors (Lipinski definition) is 1. The third-order valence-electron chi connectivity index (χ3n) is 8.80. The van der Waals surface area contributed by atoms with Crippen molar-refractivity contribution in [3.05, 3.63) is 143 Å². The van der Waals surface area contributed by atoms with Gasteiger partial charge in [0.05, 0.1) is 0 Å². The van der Waals surface area contributed by atoms with Crippen molar-refractivity contribution in [2.24, 2.45) is 5.92 Å². The van der Waals surface area contributed by atoms with E-state index in [9.17, 15) is 0 Å². The molecule has 1 aliphatic heterocycles. The molecular formula is C36H31NO2. The van der Waals surface area contributed by atoms with Gasteiger partial charge in [-0.15, -0.1) is 0 Å². The van der Waals surface area contributed by atoms with E-state index in [4.69, 9.17) is 9.15 Å². The van der Waals surface area contributed by atoms with Crippen molar-refractivity contribution in [1.29, 1.82) is 0 Å². The molecule has 8 rings (SSSR count). The molecule has 0 spiro atoms. The second-order valence-corrected chi connectivity index (χ2v) is 11.1. The molecule has 1 N–H and O–H groups in total. The summed E-state index contributed by atoms with van der Waals surface area (Å²) in [4.78, 5) is 0. The van der Waals surface area contributed by atoms with Gasteiger partial charge in [-0.25, -0.2) is 0 Å². The Hall–Kier alpha value is -4.24. The topological polar surface area (TPSA) is 34.4 Å². The van der Waals surface area contributed by atoms with Crippen LogP contribution < -0.4 is 10.1 Å². The first kappa shape index (κ1) is 22.7. The lowest BCUT2D eigenvalue weighted by molar-refractivity contribution is 0.411. The van der Waals surface area contributed by atoms with E-state index in [-0.39, 0.29) is 5.92 Å². The van der Waals surface area contributed by atoms with Crippen molar-refractivity contribution in [1.82, 2.24) is 5.32 Å². The third kappa shape index (κ3) is 3.87. The summed E-state index contributed by atoms with van der Waals surface area (Å²) in [5, 5.41) is 4.96. The van der Waals surface area contributed by atoms with Gasteiger partial charge < -0.3 is 14.5 Å². The van der Waals surface area contributed by atoms with Crippen LogP contribution in [-0.4, -0.2) is 6.04 Å². The first-order chi connectivity index (χ1) is 19.3. The zero-order chi connectivity index (χ0) is 25.8. The fraction of sp³-hybridized carbons (Fsp3) is 0.222. The Bertz CT molecular complexity index is 1690. The zero-order valence-electron chi connectivity index (χ0n) is 21.8. The van der Waals surface area contributed by atoms with E-state index in [0.717, 1.165) is 48.5 Å². The van der Waals surface area contributed by atoms with E-state index in [1.807, 2.05) is 6.07 Å². The minimum absolute atomic E-state index is 0.287. The molecule has 0 saturated heterocycles. The maximum absolute atomic E-state index is 6.36. The predicted octanol–water partition coefficient (Wildman–Crippen LogP) is 8.63. The van der Waals surface area contributed by atoms with Gasteiger partial charge in [-0.2, -0.15) is 0 Å². The molecule has 3 aromatic rings. The van der Waals surface area contributed by atoms with Crippen molar-refractivity contribution >= 4 is 17.0 Å². The molecule has 0 radical (unpaired) electrons. The highest BCUT2D eigenvalue weighted by atomic mass is 16.5. The molecule has 3 nitrogen and oxygen atoms in total. The first-order valence-corrected chi connectivity index (χ1v) is 14.2. The molecular weight excluding hydrogens is 478 g/mol. The van der Waals surface area contributed by atoms with Gasteiger partial charge in [0.1, 0.15) is 22.9 Å². The van der Waals surface area contributed by atoms with E-state index < -0.39 is 0 Å². The van der Waals surface area contributed by atoms with Crippen LogP contribution in [0.5, 0.6) is 5.75 Å². The van der Waals surface area contributed by atoms with Crippen LogP contribution in [0.2, 0.25) is 0 Å². The highest BCUT2D eigenvalue weighted by molar-refractivity contribution is 5.89. The molecule has 5 aliphatic rings. The number of nitrogens with one attached hydrogen (secondary N) is 1. The van der Waals surface area contributed by atoms with Gasteiger partial charge in [-0.05, 0) is 55.0 Å². The molecule has 0 saturated carbocycles. The van der Waals surface area contributed by atoms with Gasteiger partial charge in [-0.3, -0.25) is 0 Å². The molecule has 0 bridgehead atoms. The summed E-state index contributed by atoms with van der Waals surface area (Å²) in [5.41, 5.74) is 7.43. The predicted molar refractivity (Wildman–Crippen MR) is 157 cm³/mol. The summed E-state index contributed by atoms with van der Waals surface area (Å²) in [6.45, 7) is 0. The van der Waals surface area contributed by atoms with E-state index in [1.54, 1.807) is 0 Å². The molecule has 39 heavy (non-hydrogen) atoms. The Kier molecular flexibility index (Phi) is 5.36. The summed E-state index contributed by atoms with van der Waals surface area (Å²) in [6.07, 6.45) is 27.0. The Labute approximate surface area is 229 Å². The highest BCUT2D eigenvalue weighted by Crippen LogP contribution is 2.48. The largest absolute Gasteiger partial charge is 0.460 e. The molecule has 0 amide bonds. The number of furan rings is 1. The Balaban J connectivity index is 0.938. The highest BCUT2D eigenvalue weighted by Gasteiger charge is 2.34. The molecule has 4 atom stereocenters. The lowest BCUT2D eigenvalue weighted by Gasteiger charge is -2.27. The number of allylic oxidation sites excluding steroid dienone is 10. The minimum Gasteiger partial charge on any atom is -0.460 e. The van der Waals surface area contributed by atoms with Crippen molar-refractivity contribution in [3.63, 3.8) is 0 Å². The van der Waals surface area contributed by atoms with Crippen LogP contribution in [0.15, 0.2) is 130 Å². The number of ether oxygens (including phenoxy) is 1. The number of para-hydroxylation sites is 2. The maximum Gasteiger partial charge on any atom is 0.134 e. The fourth-order valence-electron chi connectivity index (χ4n) is 6.81. The van der Waals surface area contributed by atoms with E-state index in [2.05, 4.69) is 109 Å². The van der Waals surface area contributed by atoms with Gasteiger partial charge in [-0.1, -0.05) is 91.1 Å². The molecule has 4 unspecified atom stereocenters. The van der Waals surface area contributed by atoms with E-state index in [1.165, 1.54) is 33.4 Å². The van der Waals surface area contributed by atoms with Gasteiger partial charge in [0.25, 0.3) is 0 Å². The Morgan fingerprint density at radius 3 is 2.51 bits per heavy atom. The normalized spacial score (nSPS) is 26.6. The standard InChI is InChI=1S/C36H31NO2/c1-3-13-33-29(7-1)31-11-5-9-27(35(31)38-33)23-15-19-25(20-16-23)37-26-21-17-24(18-22-26)28-10-6-12-32-30-8-2-4-14-34(30)39-36(28)32/h1-9,12-15,17-21,23,26,28,31,37H,10-11,16,22H2. The van der Waals surface area contributed by atoms with Gasteiger partial charge in [0.2, 0.25) is 0 Å².